The second-order valence-corrected chi connectivity index (χ2v) is 8.09. The number of hydrogen-bond acceptors (Lipinski definition) is 3. The molecule has 0 radical (unpaired) electrons. The van der Waals surface area contributed by atoms with Gasteiger partial charge < -0.3 is 4.98 Å². The van der Waals surface area contributed by atoms with Gasteiger partial charge in [0.05, 0.1) is 10.7 Å². The molecule has 0 unspecified atom stereocenters. The number of aryl methyl sites for hydroxylation is 1. The zero-order valence-corrected chi connectivity index (χ0v) is 17.8. The summed E-state index contributed by atoms with van der Waals surface area (Å²) in [4.78, 5) is 20.4. The van der Waals surface area contributed by atoms with Crippen LogP contribution in [0.25, 0.3) is 11.0 Å². The van der Waals surface area contributed by atoms with E-state index in [1.807, 2.05) is 33.0 Å². The molecule has 0 saturated carbocycles. The van der Waals surface area contributed by atoms with Gasteiger partial charge in [0.25, 0.3) is 0 Å². The zero-order valence-electron chi connectivity index (χ0n) is 17.0. The fourth-order valence-corrected chi connectivity index (χ4v) is 3.96. The van der Waals surface area contributed by atoms with Gasteiger partial charge in [-0.05, 0) is 49.1 Å². The number of carbonyl (C=O) groups excluding carboxylic acids is 1. The van der Waals surface area contributed by atoms with Crippen molar-refractivity contribution >= 4 is 28.5 Å². The van der Waals surface area contributed by atoms with Gasteiger partial charge in [-0.3, -0.25) is 4.79 Å². The molecule has 154 valence electrons. The highest BCUT2D eigenvalue weighted by Gasteiger charge is 2.20. The summed E-state index contributed by atoms with van der Waals surface area (Å²) in [7, 11) is 0. The van der Waals surface area contributed by atoms with Gasteiger partial charge in [0.1, 0.15) is 11.5 Å². The molecule has 3 heterocycles. The summed E-state index contributed by atoms with van der Waals surface area (Å²) in [6.45, 7) is 5.78. The molecule has 3 aromatic heterocycles. The standard InChI is InChI=1S/C23H22ClFN4O/c1-13(16-4-6-19(25)7-5-16)8-22(30)29-15(3)20(14(2)28-29)9-17-11-26-23-21(17)10-18(24)12-27-23/h4-7,10-13H,8-9H2,1-3H3,(H,26,27)/t13-/m1/s1. The summed E-state index contributed by atoms with van der Waals surface area (Å²) < 4.78 is 14.6. The SMILES string of the molecule is Cc1nn(C(=O)C[C@@H](C)c2ccc(F)cc2)c(C)c1Cc1c[nH]c2ncc(Cl)cc12. The van der Waals surface area contributed by atoms with Crippen LogP contribution in [-0.2, 0) is 6.42 Å². The smallest absolute Gasteiger partial charge is 0.247 e. The summed E-state index contributed by atoms with van der Waals surface area (Å²) in [6, 6.07) is 8.16. The highest BCUT2D eigenvalue weighted by atomic mass is 35.5. The number of rotatable bonds is 5. The molecule has 0 amide bonds. The van der Waals surface area contributed by atoms with Crippen LogP contribution in [0.5, 0.6) is 0 Å². The largest absolute Gasteiger partial charge is 0.346 e. The quantitative estimate of drug-likeness (QED) is 0.454. The number of fused-ring (bicyclic) bond motifs is 1. The number of halogens is 2. The first-order chi connectivity index (χ1) is 14.3. The molecular weight excluding hydrogens is 403 g/mol. The zero-order chi connectivity index (χ0) is 21.4. The van der Waals surface area contributed by atoms with Crippen LogP contribution < -0.4 is 0 Å². The summed E-state index contributed by atoms with van der Waals surface area (Å²) in [5, 5.41) is 6.05. The fraction of sp³-hybridized carbons (Fsp3) is 0.261. The van der Waals surface area contributed by atoms with Gasteiger partial charge in [0.2, 0.25) is 5.91 Å². The topological polar surface area (TPSA) is 63.6 Å². The lowest BCUT2D eigenvalue weighted by Gasteiger charge is -2.12. The predicted molar refractivity (Wildman–Crippen MR) is 116 cm³/mol. The Kier molecular flexibility index (Phi) is 5.43. The molecular formula is C23H22ClFN4O. The molecule has 1 aromatic carbocycles. The van der Waals surface area contributed by atoms with Gasteiger partial charge >= 0.3 is 0 Å². The van der Waals surface area contributed by atoms with Gasteiger partial charge in [-0.25, -0.2) is 14.1 Å². The lowest BCUT2D eigenvalue weighted by molar-refractivity contribution is 0.0876. The Bertz CT molecular complexity index is 1230. The molecule has 0 aliphatic rings. The van der Waals surface area contributed by atoms with E-state index < -0.39 is 0 Å². The first-order valence-electron chi connectivity index (χ1n) is 9.78. The molecule has 1 N–H and O–H groups in total. The van der Waals surface area contributed by atoms with Gasteiger partial charge in [-0.1, -0.05) is 30.7 Å². The van der Waals surface area contributed by atoms with Crippen molar-refractivity contribution in [1.29, 1.82) is 0 Å². The molecule has 5 nitrogen and oxygen atoms in total. The third kappa shape index (κ3) is 3.87. The Hall–Kier alpha value is -2.99. The summed E-state index contributed by atoms with van der Waals surface area (Å²) in [5.74, 6) is -0.399. The Morgan fingerprint density at radius 1 is 1.27 bits per heavy atom. The normalized spacial score (nSPS) is 12.4. The summed E-state index contributed by atoms with van der Waals surface area (Å²) >= 11 is 6.11. The van der Waals surface area contributed by atoms with Crippen molar-refractivity contribution in [3.05, 3.63) is 81.6 Å². The van der Waals surface area contributed by atoms with Gasteiger partial charge in [-0.2, -0.15) is 5.10 Å². The fourth-order valence-electron chi connectivity index (χ4n) is 3.80. The minimum absolute atomic E-state index is 0.0349. The van der Waals surface area contributed by atoms with E-state index >= 15 is 0 Å². The van der Waals surface area contributed by atoms with Crippen molar-refractivity contribution in [1.82, 2.24) is 19.7 Å². The molecule has 0 fully saturated rings. The summed E-state index contributed by atoms with van der Waals surface area (Å²) in [5.41, 5.74) is 5.42. The van der Waals surface area contributed by atoms with E-state index in [1.54, 1.807) is 18.3 Å². The van der Waals surface area contributed by atoms with Gasteiger partial charge in [0, 0.05) is 41.9 Å². The number of nitrogens with zero attached hydrogens (tertiary/aromatic N) is 3. The Labute approximate surface area is 178 Å². The first kappa shape index (κ1) is 20.3. The van der Waals surface area contributed by atoms with E-state index in [2.05, 4.69) is 15.1 Å². The average molecular weight is 425 g/mol. The minimum Gasteiger partial charge on any atom is -0.346 e. The van der Waals surface area contributed by atoms with E-state index in [0.29, 0.717) is 17.9 Å². The number of H-pyrrole nitrogens is 1. The summed E-state index contributed by atoms with van der Waals surface area (Å²) in [6.07, 6.45) is 4.45. The van der Waals surface area contributed by atoms with Crippen LogP contribution in [0.1, 0.15) is 52.1 Å². The Morgan fingerprint density at radius 3 is 2.73 bits per heavy atom. The molecule has 0 aliphatic carbocycles. The third-order valence-corrected chi connectivity index (χ3v) is 5.75. The van der Waals surface area contributed by atoms with E-state index in [9.17, 15) is 9.18 Å². The van der Waals surface area contributed by atoms with Crippen LogP contribution in [0.4, 0.5) is 4.39 Å². The molecule has 0 aliphatic heterocycles. The molecule has 30 heavy (non-hydrogen) atoms. The molecule has 0 saturated heterocycles. The number of benzene rings is 1. The van der Waals surface area contributed by atoms with Crippen molar-refractivity contribution in [2.75, 3.05) is 0 Å². The number of nitrogens with one attached hydrogen (secondary N) is 1. The molecule has 7 heteroatoms. The Balaban J connectivity index is 1.57. The van der Waals surface area contributed by atoms with E-state index in [-0.39, 0.29) is 17.6 Å². The van der Waals surface area contributed by atoms with E-state index in [1.165, 1.54) is 16.8 Å². The van der Waals surface area contributed by atoms with Crippen molar-refractivity contribution in [3.63, 3.8) is 0 Å². The average Bonchev–Trinajstić information content (AvgIpc) is 3.24. The lowest BCUT2D eigenvalue weighted by atomic mass is 9.97. The van der Waals surface area contributed by atoms with Gasteiger partial charge in [-0.15, -0.1) is 0 Å². The lowest BCUT2D eigenvalue weighted by Crippen LogP contribution is -2.16. The van der Waals surface area contributed by atoms with Crippen molar-refractivity contribution in [3.8, 4) is 0 Å². The molecule has 4 aromatic rings. The van der Waals surface area contributed by atoms with Crippen molar-refractivity contribution in [2.45, 2.75) is 39.5 Å². The third-order valence-electron chi connectivity index (χ3n) is 5.55. The van der Waals surface area contributed by atoms with Crippen molar-refractivity contribution < 1.29 is 9.18 Å². The maximum Gasteiger partial charge on any atom is 0.247 e. The second kappa shape index (κ2) is 8.03. The molecule has 1 atom stereocenters. The minimum atomic E-state index is -0.283. The van der Waals surface area contributed by atoms with Crippen LogP contribution in [0.3, 0.4) is 0 Å². The number of aromatic amines is 1. The second-order valence-electron chi connectivity index (χ2n) is 7.65. The molecule has 0 bridgehead atoms. The van der Waals surface area contributed by atoms with Gasteiger partial charge in [0.15, 0.2) is 0 Å². The van der Waals surface area contributed by atoms with E-state index in [0.717, 1.165) is 39.1 Å². The number of pyridine rings is 1. The maximum absolute atomic E-state index is 13.2. The maximum atomic E-state index is 13.2. The first-order valence-corrected chi connectivity index (χ1v) is 10.2. The molecule has 0 spiro atoms. The number of carbonyl (C=O) groups is 1. The van der Waals surface area contributed by atoms with E-state index in [4.69, 9.17) is 11.6 Å². The monoisotopic (exact) mass is 424 g/mol. The highest BCUT2D eigenvalue weighted by Crippen LogP contribution is 2.26. The van der Waals surface area contributed by atoms with Crippen LogP contribution >= 0.6 is 11.6 Å². The van der Waals surface area contributed by atoms with Crippen LogP contribution in [-0.4, -0.2) is 25.7 Å². The number of aromatic nitrogens is 4. The van der Waals surface area contributed by atoms with Crippen LogP contribution in [0, 0.1) is 19.7 Å². The predicted octanol–water partition coefficient (Wildman–Crippen LogP) is 5.59. The number of hydrogen-bond donors (Lipinski definition) is 1. The highest BCUT2D eigenvalue weighted by molar-refractivity contribution is 6.31. The van der Waals surface area contributed by atoms with Crippen LogP contribution in [0.15, 0.2) is 42.7 Å². The molecule has 4 rings (SSSR count). The Morgan fingerprint density at radius 2 is 2.00 bits per heavy atom. The van der Waals surface area contributed by atoms with Crippen molar-refractivity contribution in [2.24, 2.45) is 0 Å². The van der Waals surface area contributed by atoms with Crippen LogP contribution in [0.2, 0.25) is 5.02 Å².